The Bertz CT molecular complexity index is 601. The smallest absolute Gasteiger partial charge is 0.154 e. The Morgan fingerprint density at radius 1 is 1.19 bits per heavy atom. The highest BCUT2D eigenvalue weighted by Crippen LogP contribution is 2.14. The number of nitrogens with zero attached hydrogens (tertiary/aromatic N) is 5. The van der Waals surface area contributed by atoms with Gasteiger partial charge in [-0.1, -0.05) is 0 Å². The van der Waals surface area contributed by atoms with Gasteiger partial charge in [0.1, 0.15) is 12.4 Å². The van der Waals surface area contributed by atoms with Gasteiger partial charge in [-0.05, 0) is 20.8 Å². The molecule has 0 atom stereocenters. The van der Waals surface area contributed by atoms with E-state index in [1.54, 1.807) is 7.11 Å². The number of aromatic nitrogens is 5. The number of rotatable bonds is 7. The van der Waals surface area contributed by atoms with Crippen LogP contribution in [-0.4, -0.2) is 44.8 Å². The van der Waals surface area contributed by atoms with Crippen molar-refractivity contribution in [3.63, 3.8) is 0 Å². The molecule has 0 fully saturated rings. The second-order valence-corrected chi connectivity index (χ2v) is 5.20. The first-order valence-corrected chi connectivity index (χ1v) is 7.12. The van der Waals surface area contributed by atoms with E-state index in [0.29, 0.717) is 13.2 Å². The molecule has 116 valence electrons. The average molecular weight is 292 g/mol. The van der Waals surface area contributed by atoms with E-state index in [2.05, 4.69) is 27.5 Å². The number of nitrogens with one attached hydrogen (secondary N) is 1. The van der Waals surface area contributed by atoms with E-state index in [0.717, 1.165) is 36.1 Å². The molecule has 7 heteroatoms. The van der Waals surface area contributed by atoms with E-state index < -0.39 is 0 Å². The van der Waals surface area contributed by atoms with Crippen LogP contribution in [0.15, 0.2) is 0 Å². The Hall–Kier alpha value is -1.73. The highest BCUT2D eigenvalue weighted by Gasteiger charge is 2.13. The van der Waals surface area contributed by atoms with Gasteiger partial charge in [0.15, 0.2) is 5.82 Å². The number of hydrogen-bond donors (Lipinski definition) is 1. The third-order valence-corrected chi connectivity index (χ3v) is 3.79. The lowest BCUT2D eigenvalue weighted by molar-refractivity contribution is 0.199. The molecule has 0 spiro atoms. The topological polar surface area (TPSA) is 69.8 Å². The van der Waals surface area contributed by atoms with Crippen LogP contribution >= 0.6 is 0 Å². The summed E-state index contributed by atoms with van der Waals surface area (Å²) in [6.45, 7) is 9.08. The van der Waals surface area contributed by atoms with Gasteiger partial charge in [-0.15, -0.1) is 10.2 Å². The van der Waals surface area contributed by atoms with Crippen LogP contribution in [0.1, 0.15) is 28.6 Å². The van der Waals surface area contributed by atoms with E-state index >= 15 is 0 Å². The Morgan fingerprint density at radius 3 is 2.57 bits per heavy atom. The fraction of sp³-hybridized carbons (Fsp3) is 0.643. The van der Waals surface area contributed by atoms with E-state index in [4.69, 9.17) is 4.74 Å². The molecule has 0 bridgehead atoms. The van der Waals surface area contributed by atoms with E-state index in [1.165, 1.54) is 5.56 Å². The lowest BCUT2D eigenvalue weighted by atomic mass is 10.2. The maximum Gasteiger partial charge on any atom is 0.154 e. The first-order chi connectivity index (χ1) is 10.0. The van der Waals surface area contributed by atoms with Gasteiger partial charge in [0.25, 0.3) is 0 Å². The second kappa shape index (κ2) is 6.82. The van der Waals surface area contributed by atoms with Crippen LogP contribution in [0.25, 0.3) is 0 Å². The standard InChI is InChI=1S/C14H24N6O/c1-10-13(8-15-6-7-21-5)11(2)20(18-10)9-14-17-16-12(3)19(14)4/h15H,6-9H2,1-5H3. The molecule has 21 heavy (non-hydrogen) atoms. The highest BCUT2D eigenvalue weighted by molar-refractivity contribution is 5.24. The van der Waals surface area contributed by atoms with Crippen LogP contribution in [0.4, 0.5) is 0 Å². The molecule has 7 nitrogen and oxygen atoms in total. The van der Waals surface area contributed by atoms with Gasteiger partial charge < -0.3 is 14.6 Å². The molecule has 0 aliphatic heterocycles. The number of ether oxygens (including phenoxy) is 1. The van der Waals surface area contributed by atoms with Gasteiger partial charge in [-0.3, -0.25) is 4.68 Å². The molecule has 0 aliphatic rings. The summed E-state index contributed by atoms with van der Waals surface area (Å²) in [6, 6.07) is 0. The molecule has 0 aromatic carbocycles. The molecule has 0 aliphatic carbocycles. The van der Waals surface area contributed by atoms with Gasteiger partial charge in [0.2, 0.25) is 0 Å². The number of aryl methyl sites for hydroxylation is 2. The van der Waals surface area contributed by atoms with E-state index in [9.17, 15) is 0 Å². The zero-order chi connectivity index (χ0) is 15.4. The Balaban J connectivity index is 2.09. The van der Waals surface area contributed by atoms with Gasteiger partial charge in [0, 0.05) is 38.5 Å². The monoisotopic (exact) mass is 292 g/mol. The third kappa shape index (κ3) is 3.48. The number of hydrogen-bond acceptors (Lipinski definition) is 5. The van der Waals surface area contributed by atoms with Gasteiger partial charge in [-0.2, -0.15) is 5.10 Å². The SMILES string of the molecule is COCCNCc1c(C)nn(Cc2nnc(C)n2C)c1C. The van der Waals surface area contributed by atoms with Crippen molar-refractivity contribution in [3.05, 3.63) is 28.6 Å². The van der Waals surface area contributed by atoms with Crippen molar-refractivity contribution in [2.45, 2.75) is 33.9 Å². The Kier molecular flexibility index (Phi) is 5.08. The fourth-order valence-electron chi connectivity index (χ4n) is 2.25. The van der Waals surface area contributed by atoms with Crippen LogP contribution < -0.4 is 5.32 Å². The van der Waals surface area contributed by atoms with Crippen molar-refractivity contribution in [2.75, 3.05) is 20.3 Å². The minimum atomic E-state index is 0.641. The second-order valence-electron chi connectivity index (χ2n) is 5.20. The maximum atomic E-state index is 5.04. The van der Waals surface area contributed by atoms with Crippen molar-refractivity contribution < 1.29 is 4.74 Å². The summed E-state index contributed by atoms with van der Waals surface area (Å²) in [5.41, 5.74) is 3.46. The molecular formula is C14H24N6O. The molecule has 0 amide bonds. The lowest BCUT2D eigenvalue weighted by Crippen LogP contribution is -2.19. The average Bonchev–Trinajstić information content (AvgIpc) is 2.91. The van der Waals surface area contributed by atoms with Gasteiger partial charge in [0.05, 0.1) is 12.3 Å². The van der Waals surface area contributed by atoms with E-state index in [-0.39, 0.29) is 0 Å². The van der Waals surface area contributed by atoms with Crippen LogP contribution in [0.5, 0.6) is 0 Å². The molecule has 2 rings (SSSR count). The lowest BCUT2D eigenvalue weighted by Gasteiger charge is -2.07. The summed E-state index contributed by atoms with van der Waals surface area (Å²) < 4.78 is 9.02. The van der Waals surface area contributed by atoms with Crippen LogP contribution in [0.2, 0.25) is 0 Å². The van der Waals surface area contributed by atoms with Gasteiger partial charge >= 0.3 is 0 Å². The third-order valence-electron chi connectivity index (χ3n) is 3.79. The van der Waals surface area contributed by atoms with Gasteiger partial charge in [-0.25, -0.2) is 0 Å². The first-order valence-electron chi connectivity index (χ1n) is 7.12. The summed E-state index contributed by atoms with van der Waals surface area (Å²) in [4.78, 5) is 0. The quantitative estimate of drug-likeness (QED) is 0.762. The Labute approximate surface area is 125 Å². The largest absolute Gasteiger partial charge is 0.383 e. The molecule has 2 aromatic rings. The zero-order valence-electron chi connectivity index (χ0n) is 13.5. The van der Waals surface area contributed by atoms with Crippen LogP contribution in [0.3, 0.4) is 0 Å². The molecule has 0 saturated heterocycles. The van der Waals surface area contributed by atoms with Crippen molar-refractivity contribution in [1.29, 1.82) is 0 Å². The van der Waals surface area contributed by atoms with Crippen molar-refractivity contribution in [3.8, 4) is 0 Å². The van der Waals surface area contributed by atoms with Crippen molar-refractivity contribution in [1.82, 2.24) is 29.9 Å². The maximum absolute atomic E-state index is 5.04. The summed E-state index contributed by atoms with van der Waals surface area (Å²) in [5.74, 6) is 1.82. The summed E-state index contributed by atoms with van der Waals surface area (Å²) in [6.07, 6.45) is 0. The minimum Gasteiger partial charge on any atom is -0.383 e. The molecular weight excluding hydrogens is 268 g/mol. The predicted molar refractivity (Wildman–Crippen MR) is 80.1 cm³/mol. The molecule has 0 saturated carbocycles. The molecule has 0 radical (unpaired) electrons. The molecule has 2 heterocycles. The molecule has 0 unspecified atom stereocenters. The first kappa shape index (κ1) is 15.7. The van der Waals surface area contributed by atoms with Crippen LogP contribution in [-0.2, 0) is 24.9 Å². The fourth-order valence-corrected chi connectivity index (χ4v) is 2.25. The highest BCUT2D eigenvalue weighted by atomic mass is 16.5. The van der Waals surface area contributed by atoms with E-state index in [1.807, 2.05) is 30.1 Å². The minimum absolute atomic E-state index is 0.641. The summed E-state index contributed by atoms with van der Waals surface area (Å²) >= 11 is 0. The normalized spacial score (nSPS) is 11.3. The predicted octanol–water partition coefficient (Wildman–Crippen LogP) is 0.721. The molecule has 1 N–H and O–H groups in total. The zero-order valence-corrected chi connectivity index (χ0v) is 13.5. The summed E-state index contributed by atoms with van der Waals surface area (Å²) in [5, 5.41) is 16.3. The molecule has 2 aromatic heterocycles. The van der Waals surface area contributed by atoms with Crippen LogP contribution in [0, 0.1) is 20.8 Å². The van der Waals surface area contributed by atoms with Crippen molar-refractivity contribution in [2.24, 2.45) is 7.05 Å². The summed E-state index contributed by atoms with van der Waals surface area (Å²) in [7, 11) is 3.68. The Morgan fingerprint density at radius 2 is 1.95 bits per heavy atom. The number of methoxy groups -OCH3 is 1. The van der Waals surface area contributed by atoms with Crippen molar-refractivity contribution >= 4 is 0 Å².